The van der Waals surface area contributed by atoms with Crippen LogP contribution in [0, 0.1) is 13.8 Å². The van der Waals surface area contributed by atoms with Gasteiger partial charge >= 0.3 is 0 Å². The minimum Gasteiger partial charge on any atom is -0.457 e. The lowest BCUT2D eigenvalue weighted by Gasteiger charge is -2.09. The van der Waals surface area contributed by atoms with Crippen LogP contribution in [0.15, 0.2) is 45.8 Å². The summed E-state index contributed by atoms with van der Waals surface area (Å²) in [6, 6.07) is 10.3. The molecular formula is C14H12BrClO3S. The van der Waals surface area contributed by atoms with Crippen LogP contribution in [-0.4, -0.2) is 8.42 Å². The standard InChI is InChI=1S/C14H12BrClO3S/c1-9-7-11(3-5-13(9)15)19-12-4-6-14(10(2)8-12)20(16,17)18/h3-8H,1-2H3. The molecule has 2 aromatic rings. The molecule has 0 fully saturated rings. The fourth-order valence-electron chi connectivity index (χ4n) is 1.78. The van der Waals surface area contributed by atoms with E-state index in [2.05, 4.69) is 15.9 Å². The van der Waals surface area contributed by atoms with Gasteiger partial charge in [0.25, 0.3) is 9.05 Å². The first-order chi connectivity index (χ1) is 9.27. The lowest BCUT2D eigenvalue weighted by atomic mass is 10.2. The van der Waals surface area contributed by atoms with Crippen molar-refractivity contribution in [2.24, 2.45) is 0 Å². The van der Waals surface area contributed by atoms with Crippen LogP contribution >= 0.6 is 26.6 Å². The number of hydrogen-bond donors (Lipinski definition) is 0. The molecule has 0 heterocycles. The Kier molecular flexibility index (Phi) is 4.42. The van der Waals surface area contributed by atoms with Crippen LogP contribution in [0.2, 0.25) is 0 Å². The van der Waals surface area contributed by atoms with Crippen LogP contribution in [-0.2, 0) is 9.05 Å². The summed E-state index contributed by atoms with van der Waals surface area (Å²) < 4.78 is 29.4. The van der Waals surface area contributed by atoms with Gasteiger partial charge in [-0.3, -0.25) is 0 Å². The summed E-state index contributed by atoms with van der Waals surface area (Å²) in [7, 11) is 1.62. The number of aryl methyl sites for hydroxylation is 2. The molecule has 6 heteroatoms. The highest BCUT2D eigenvalue weighted by atomic mass is 79.9. The largest absolute Gasteiger partial charge is 0.457 e. The van der Waals surface area contributed by atoms with Crippen molar-refractivity contribution < 1.29 is 13.2 Å². The maximum Gasteiger partial charge on any atom is 0.261 e. The third-order valence-electron chi connectivity index (χ3n) is 2.77. The number of ether oxygens (including phenoxy) is 1. The van der Waals surface area contributed by atoms with E-state index in [1.807, 2.05) is 25.1 Å². The first-order valence-electron chi connectivity index (χ1n) is 5.77. The molecule has 0 amide bonds. The highest BCUT2D eigenvalue weighted by Crippen LogP contribution is 2.29. The van der Waals surface area contributed by atoms with Gasteiger partial charge in [-0.05, 0) is 61.4 Å². The van der Waals surface area contributed by atoms with Crippen molar-refractivity contribution in [3.63, 3.8) is 0 Å². The van der Waals surface area contributed by atoms with Gasteiger partial charge in [-0.15, -0.1) is 0 Å². The summed E-state index contributed by atoms with van der Waals surface area (Å²) in [5.74, 6) is 1.25. The number of rotatable bonds is 3. The Balaban J connectivity index is 2.31. The third kappa shape index (κ3) is 3.53. The molecule has 0 aromatic heterocycles. The van der Waals surface area contributed by atoms with Gasteiger partial charge in [0.05, 0.1) is 4.90 Å². The minimum atomic E-state index is -3.72. The van der Waals surface area contributed by atoms with Crippen molar-refractivity contribution in [3.05, 3.63) is 52.0 Å². The van der Waals surface area contributed by atoms with E-state index in [1.54, 1.807) is 19.1 Å². The van der Waals surface area contributed by atoms with Crippen molar-refractivity contribution in [2.75, 3.05) is 0 Å². The molecule has 3 nitrogen and oxygen atoms in total. The quantitative estimate of drug-likeness (QED) is 0.725. The SMILES string of the molecule is Cc1cc(Oc2ccc(S(=O)(=O)Cl)c(C)c2)ccc1Br. The van der Waals surface area contributed by atoms with E-state index in [0.29, 0.717) is 17.1 Å². The lowest BCUT2D eigenvalue weighted by molar-refractivity contribution is 0.481. The number of benzene rings is 2. The monoisotopic (exact) mass is 374 g/mol. The first-order valence-corrected chi connectivity index (χ1v) is 8.87. The molecule has 0 spiro atoms. The van der Waals surface area contributed by atoms with Crippen LogP contribution in [0.1, 0.15) is 11.1 Å². The summed E-state index contributed by atoms with van der Waals surface area (Å²) in [5, 5.41) is 0. The van der Waals surface area contributed by atoms with Gasteiger partial charge < -0.3 is 4.74 Å². The lowest BCUT2D eigenvalue weighted by Crippen LogP contribution is -1.95. The molecule has 0 N–H and O–H groups in total. The molecule has 2 rings (SSSR count). The zero-order valence-corrected chi connectivity index (χ0v) is 14.0. The molecule has 0 atom stereocenters. The van der Waals surface area contributed by atoms with Gasteiger partial charge in [0.2, 0.25) is 0 Å². The molecular weight excluding hydrogens is 364 g/mol. The molecule has 0 bridgehead atoms. The van der Waals surface area contributed by atoms with Crippen LogP contribution in [0.4, 0.5) is 0 Å². The zero-order chi connectivity index (χ0) is 14.9. The van der Waals surface area contributed by atoms with Crippen molar-refractivity contribution in [2.45, 2.75) is 18.7 Å². The second-order valence-corrected chi connectivity index (χ2v) is 7.77. The molecule has 0 aliphatic rings. The van der Waals surface area contributed by atoms with Crippen LogP contribution in [0.3, 0.4) is 0 Å². The Morgan fingerprint density at radius 1 is 1.00 bits per heavy atom. The van der Waals surface area contributed by atoms with Gasteiger partial charge in [-0.1, -0.05) is 15.9 Å². The average molecular weight is 376 g/mol. The molecule has 2 aromatic carbocycles. The predicted molar refractivity (Wildman–Crippen MR) is 83.2 cm³/mol. The first kappa shape index (κ1) is 15.4. The third-order valence-corrected chi connectivity index (χ3v) is 5.15. The highest BCUT2D eigenvalue weighted by Gasteiger charge is 2.14. The molecule has 0 aliphatic carbocycles. The summed E-state index contributed by atoms with van der Waals surface area (Å²) in [6.45, 7) is 3.64. The Morgan fingerprint density at radius 3 is 2.05 bits per heavy atom. The summed E-state index contributed by atoms with van der Waals surface area (Å²) in [4.78, 5) is 0.0958. The van der Waals surface area contributed by atoms with Gasteiger partial charge in [0.15, 0.2) is 0 Å². The van der Waals surface area contributed by atoms with Gasteiger partial charge in [0.1, 0.15) is 11.5 Å². The second kappa shape index (κ2) is 5.76. The Morgan fingerprint density at radius 2 is 1.55 bits per heavy atom. The van der Waals surface area contributed by atoms with Gasteiger partial charge in [-0.2, -0.15) is 0 Å². The molecule has 106 valence electrons. The summed E-state index contributed by atoms with van der Waals surface area (Å²) in [5.41, 5.74) is 1.60. The van der Waals surface area contributed by atoms with E-state index < -0.39 is 9.05 Å². The number of halogens is 2. The van der Waals surface area contributed by atoms with Crippen LogP contribution in [0.25, 0.3) is 0 Å². The fraction of sp³-hybridized carbons (Fsp3) is 0.143. The van der Waals surface area contributed by atoms with Gasteiger partial charge in [0, 0.05) is 15.2 Å². The van der Waals surface area contributed by atoms with E-state index in [0.717, 1.165) is 10.0 Å². The number of hydrogen-bond acceptors (Lipinski definition) is 3. The second-order valence-electron chi connectivity index (χ2n) is 4.38. The smallest absolute Gasteiger partial charge is 0.261 e. The van der Waals surface area contributed by atoms with Crippen molar-refractivity contribution >= 4 is 35.7 Å². The van der Waals surface area contributed by atoms with Crippen LogP contribution < -0.4 is 4.74 Å². The normalized spacial score (nSPS) is 11.4. The van der Waals surface area contributed by atoms with E-state index >= 15 is 0 Å². The molecule has 0 aliphatic heterocycles. The molecule has 0 radical (unpaired) electrons. The van der Waals surface area contributed by atoms with E-state index in [1.165, 1.54) is 6.07 Å². The van der Waals surface area contributed by atoms with Crippen molar-refractivity contribution in [1.29, 1.82) is 0 Å². The highest BCUT2D eigenvalue weighted by molar-refractivity contribution is 9.10. The predicted octanol–water partition coefficient (Wildman–Crippen LogP) is 4.79. The molecule has 0 saturated heterocycles. The minimum absolute atomic E-state index is 0.0958. The Hall–Kier alpha value is -1.04. The fourth-order valence-corrected chi connectivity index (χ4v) is 3.22. The Labute approximate surface area is 131 Å². The summed E-state index contributed by atoms with van der Waals surface area (Å²) in [6.07, 6.45) is 0. The summed E-state index contributed by atoms with van der Waals surface area (Å²) >= 11 is 3.42. The Bertz CT molecular complexity index is 757. The maximum atomic E-state index is 11.3. The van der Waals surface area contributed by atoms with Crippen LogP contribution in [0.5, 0.6) is 11.5 Å². The van der Waals surface area contributed by atoms with E-state index in [9.17, 15) is 8.42 Å². The topological polar surface area (TPSA) is 43.4 Å². The maximum absolute atomic E-state index is 11.3. The molecule has 0 unspecified atom stereocenters. The molecule has 0 saturated carbocycles. The van der Waals surface area contributed by atoms with E-state index in [-0.39, 0.29) is 4.90 Å². The van der Waals surface area contributed by atoms with Crippen molar-refractivity contribution in [3.8, 4) is 11.5 Å². The average Bonchev–Trinajstić information content (AvgIpc) is 2.32. The van der Waals surface area contributed by atoms with E-state index in [4.69, 9.17) is 15.4 Å². The van der Waals surface area contributed by atoms with Crippen molar-refractivity contribution in [1.82, 2.24) is 0 Å². The van der Waals surface area contributed by atoms with Gasteiger partial charge in [-0.25, -0.2) is 8.42 Å². The zero-order valence-electron chi connectivity index (χ0n) is 10.9. The molecule has 20 heavy (non-hydrogen) atoms.